The molecule has 1 aromatic rings. The normalized spacial score (nSPS) is 10.0. The van der Waals surface area contributed by atoms with E-state index in [0.29, 0.717) is 26.0 Å². The SMILES string of the molecule is COC(=O)CCN(C)C(=O)CCCOc1cccc(C)c1. The highest BCUT2D eigenvalue weighted by Crippen LogP contribution is 2.12. The zero-order chi connectivity index (χ0) is 15.7. The smallest absolute Gasteiger partial charge is 0.307 e. The summed E-state index contributed by atoms with van der Waals surface area (Å²) in [6.45, 7) is 2.89. The molecule has 0 radical (unpaired) electrons. The van der Waals surface area contributed by atoms with Gasteiger partial charge in [0, 0.05) is 20.0 Å². The second-order valence-electron chi connectivity index (χ2n) is 4.91. The van der Waals surface area contributed by atoms with E-state index < -0.39 is 0 Å². The van der Waals surface area contributed by atoms with Crippen LogP contribution in [0, 0.1) is 6.92 Å². The Hall–Kier alpha value is -2.04. The lowest BCUT2D eigenvalue weighted by atomic mass is 10.2. The van der Waals surface area contributed by atoms with Gasteiger partial charge < -0.3 is 14.4 Å². The minimum Gasteiger partial charge on any atom is -0.494 e. The predicted octanol–water partition coefficient (Wildman–Crippen LogP) is 2.18. The van der Waals surface area contributed by atoms with Gasteiger partial charge in [-0.2, -0.15) is 0 Å². The highest BCUT2D eigenvalue weighted by molar-refractivity contribution is 5.76. The van der Waals surface area contributed by atoms with Gasteiger partial charge in [-0.3, -0.25) is 9.59 Å². The Kier molecular flexibility index (Phi) is 7.29. The molecule has 0 atom stereocenters. The minimum atomic E-state index is -0.308. The van der Waals surface area contributed by atoms with Crippen molar-refractivity contribution in [3.8, 4) is 5.75 Å². The van der Waals surface area contributed by atoms with Gasteiger partial charge in [0.2, 0.25) is 5.91 Å². The van der Waals surface area contributed by atoms with Crippen molar-refractivity contribution in [3.05, 3.63) is 29.8 Å². The molecule has 1 rings (SSSR count). The van der Waals surface area contributed by atoms with Gasteiger partial charge in [0.05, 0.1) is 20.1 Å². The van der Waals surface area contributed by atoms with Crippen LogP contribution in [0.3, 0.4) is 0 Å². The van der Waals surface area contributed by atoms with Gasteiger partial charge in [-0.05, 0) is 31.0 Å². The van der Waals surface area contributed by atoms with Crippen molar-refractivity contribution in [2.75, 3.05) is 27.3 Å². The first-order chi connectivity index (χ1) is 10.0. The number of rotatable bonds is 8. The summed E-state index contributed by atoms with van der Waals surface area (Å²) in [5.74, 6) is 0.519. The Bertz CT molecular complexity index is 473. The number of nitrogens with zero attached hydrogens (tertiary/aromatic N) is 1. The Morgan fingerprint density at radius 2 is 2.00 bits per heavy atom. The number of aryl methyl sites for hydroxylation is 1. The van der Waals surface area contributed by atoms with E-state index in [1.807, 2.05) is 31.2 Å². The molecule has 21 heavy (non-hydrogen) atoms. The molecule has 0 aliphatic carbocycles. The standard InChI is InChI=1S/C16H23NO4/c1-13-6-4-7-14(12-13)21-11-5-8-15(18)17(2)10-9-16(19)20-3/h4,6-7,12H,5,8-11H2,1-3H3. The van der Waals surface area contributed by atoms with Gasteiger partial charge in [-0.25, -0.2) is 0 Å². The maximum atomic E-state index is 11.8. The molecule has 0 fully saturated rings. The Labute approximate surface area is 125 Å². The average Bonchev–Trinajstić information content (AvgIpc) is 2.48. The van der Waals surface area contributed by atoms with Crippen LogP contribution in [0.15, 0.2) is 24.3 Å². The van der Waals surface area contributed by atoms with Gasteiger partial charge in [0.25, 0.3) is 0 Å². The van der Waals surface area contributed by atoms with Crippen LogP contribution in [0.1, 0.15) is 24.8 Å². The number of carbonyl (C=O) groups is 2. The zero-order valence-corrected chi connectivity index (χ0v) is 12.9. The number of carbonyl (C=O) groups excluding carboxylic acids is 2. The molecule has 116 valence electrons. The summed E-state index contributed by atoms with van der Waals surface area (Å²) in [5, 5.41) is 0. The summed E-state index contributed by atoms with van der Waals surface area (Å²) in [5.41, 5.74) is 1.14. The Morgan fingerprint density at radius 3 is 2.67 bits per heavy atom. The summed E-state index contributed by atoms with van der Waals surface area (Å²) in [4.78, 5) is 24.4. The van der Waals surface area contributed by atoms with Crippen LogP contribution in [-0.4, -0.2) is 44.1 Å². The summed E-state index contributed by atoms with van der Waals surface area (Å²) < 4.78 is 10.1. The zero-order valence-electron chi connectivity index (χ0n) is 12.9. The molecule has 0 aliphatic heterocycles. The molecule has 0 heterocycles. The van der Waals surface area contributed by atoms with Gasteiger partial charge in [0.15, 0.2) is 0 Å². The van der Waals surface area contributed by atoms with Crippen molar-refractivity contribution >= 4 is 11.9 Å². The van der Waals surface area contributed by atoms with E-state index in [9.17, 15) is 9.59 Å². The van der Waals surface area contributed by atoms with Crippen LogP contribution in [0.5, 0.6) is 5.75 Å². The first-order valence-corrected chi connectivity index (χ1v) is 7.03. The van der Waals surface area contributed by atoms with Crippen LogP contribution in [0.4, 0.5) is 0 Å². The molecule has 5 nitrogen and oxygen atoms in total. The first kappa shape index (κ1) is 17.0. The maximum Gasteiger partial charge on any atom is 0.307 e. The molecule has 0 saturated carbocycles. The van der Waals surface area contributed by atoms with E-state index in [0.717, 1.165) is 11.3 Å². The Morgan fingerprint density at radius 1 is 1.24 bits per heavy atom. The molecule has 0 unspecified atom stereocenters. The molecule has 0 spiro atoms. The lowest BCUT2D eigenvalue weighted by molar-refractivity contribution is -0.141. The molecule has 0 aliphatic rings. The van der Waals surface area contributed by atoms with Crippen LogP contribution >= 0.6 is 0 Å². The Balaban J connectivity index is 2.19. The van der Waals surface area contributed by atoms with E-state index >= 15 is 0 Å². The number of amides is 1. The van der Waals surface area contributed by atoms with Gasteiger partial charge in [-0.1, -0.05) is 12.1 Å². The number of methoxy groups -OCH3 is 1. The third-order valence-corrected chi connectivity index (χ3v) is 3.10. The van der Waals surface area contributed by atoms with Gasteiger partial charge >= 0.3 is 5.97 Å². The fourth-order valence-corrected chi connectivity index (χ4v) is 1.80. The van der Waals surface area contributed by atoms with Crippen molar-refractivity contribution in [1.29, 1.82) is 0 Å². The van der Waals surface area contributed by atoms with E-state index in [2.05, 4.69) is 4.74 Å². The number of ether oxygens (including phenoxy) is 2. The molecular formula is C16H23NO4. The van der Waals surface area contributed by atoms with Crippen molar-refractivity contribution in [2.45, 2.75) is 26.2 Å². The maximum absolute atomic E-state index is 11.8. The second-order valence-corrected chi connectivity index (χ2v) is 4.91. The molecule has 5 heteroatoms. The predicted molar refractivity (Wildman–Crippen MR) is 80.2 cm³/mol. The lowest BCUT2D eigenvalue weighted by Gasteiger charge is -2.16. The van der Waals surface area contributed by atoms with Crippen LogP contribution < -0.4 is 4.74 Å². The van der Waals surface area contributed by atoms with Crippen molar-refractivity contribution in [2.24, 2.45) is 0 Å². The largest absolute Gasteiger partial charge is 0.494 e. The summed E-state index contributed by atoms with van der Waals surface area (Å²) in [6, 6.07) is 7.81. The van der Waals surface area contributed by atoms with Crippen LogP contribution in [0.2, 0.25) is 0 Å². The summed E-state index contributed by atoms with van der Waals surface area (Å²) >= 11 is 0. The van der Waals surface area contributed by atoms with Crippen molar-refractivity contribution < 1.29 is 19.1 Å². The van der Waals surface area contributed by atoms with E-state index in [1.54, 1.807) is 11.9 Å². The third kappa shape index (κ3) is 6.79. The first-order valence-electron chi connectivity index (χ1n) is 7.03. The van der Waals surface area contributed by atoms with Crippen molar-refractivity contribution in [1.82, 2.24) is 4.90 Å². The molecular weight excluding hydrogens is 270 g/mol. The third-order valence-electron chi connectivity index (χ3n) is 3.10. The lowest BCUT2D eigenvalue weighted by Crippen LogP contribution is -2.29. The van der Waals surface area contributed by atoms with Gasteiger partial charge in [-0.15, -0.1) is 0 Å². The quantitative estimate of drug-likeness (QED) is 0.544. The topological polar surface area (TPSA) is 55.8 Å². The van der Waals surface area contributed by atoms with E-state index in [1.165, 1.54) is 7.11 Å². The molecule has 0 N–H and O–H groups in total. The van der Waals surface area contributed by atoms with Gasteiger partial charge in [0.1, 0.15) is 5.75 Å². The number of benzene rings is 1. The highest BCUT2D eigenvalue weighted by atomic mass is 16.5. The summed E-state index contributed by atoms with van der Waals surface area (Å²) in [7, 11) is 3.03. The van der Waals surface area contributed by atoms with E-state index in [-0.39, 0.29) is 18.3 Å². The molecule has 1 aromatic carbocycles. The molecule has 0 saturated heterocycles. The average molecular weight is 293 g/mol. The summed E-state index contributed by atoms with van der Waals surface area (Å²) in [6.07, 6.45) is 1.28. The van der Waals surface area contributed by atoms with Crippen LogP contribution in [-0.2, 0) is 14.3 Å². The van der Waals surface area contributed by atoms with Crippen LogP contribution in [0.25, 0.3) is 0 Å². The van der Waals surface area contributed by atoms with Crippen molar-refractivity contribution in [3.63, 3.8) is 0 Å². The van der Waals surface area contributed by atoms with E-state index in [4.69, 9.17) is 4.74 Å². The highest BCUT2D eigenvalue weighted by Gasteiger charge is 2.10. The fourth-order valence-electron chi connectivity index (χ4n) is 1.80. The number of hydrogen-bond acceptors (Lipinski definition) is 4. The number of esters is 1. The minimum absolute atomic E-state index is 0.00625. The number of hydrogen-bond donors (Lipinski definition) is 0. The fraction of sp³-hybridized carbons (Fsp3) is 0.500. The molecule has 0 bridgehead atoms. The monoisotopic (exact) mass is 293 g/mol. The molecule has 1 amide bonds. The second kappa shape index (κ2) is 9.00. The molecule has 0 aromatic heterocycles.